The van der Waals surface area contributed by atoms with Crippen molar-refractivity contribution in [2.75, 3.05) is 0 Å². The van der Waals surface area contributed by atoms with Gasteiger partial charge in [0.05, 0.1) is 5.69 Å². The van der Waals surface area contributed by atoms with Crippen LogP contribution in [-0.2, 0) is 0 Å². The lowest BCUT2D eigenvalue weighted by Gasteiger charge is -1.88. The van der Waals surface area contributed by atoms with Crippen LogP contribution in [0, 0.1) is 6.33 Å². The molecule has 0 saturated heterocycles. The van der Waals surface area contributed by atoms with Gasteiger partial charge in [0.15, 0.2) is 6.33 Å². The molecule has 2 aromatic heterocycles. The predicted molar refractivity (Wildman–Crippen MR) is 36.4 cm³/mol. The Morgan fingerprint density at radius 1 is 1.27 bits per heavy atom. The first kappa shape index (κ1) is 6.03. The van der Waals surface area contributed by atoms with Gasteiger partial charge in [0.1, 0.15) is 12.0 Å². The summed E-state index contributed by atoms with van der Waals surface area (Å²) in [6.07, 6.45) is 5.57. The van der Waals surface area contributed by atoms with Crippen LogP contribution in [0.5, 0.6) is 0 Å². The summed E-state index contributed by atoms with van der Waals surface area (Å²) in [6.45, 7) is 0. The van der Waals surface area contributed by atoms with Crippen molar-refractivity contribution in [2.45, 2.75) is 0 Å². The third-order valence-corrected chi connectivity index (χ3v) is 1.24. The van der Waals surface area contributed by atoms with E-state index in [-0.39, 0.29) is 0 Å². The van der Waals surface area contributed by atoms with Crippen molar-refractivity contribution in [1.82, 2.24) is 15.1 Å². The standard InChI is InChI=1S/C7H4N3O/c1-3-8-5-9-6(1)7-2-4-11-10-7/h1-4H. The molecule has 1 radical (unpaired) electrons. The maximum Gasteiger partial charge on any atom is 0.198 e. The zero-order valence-corrected chi connectivity index (χ0v) is 5.56. The highest BCUT2D eigenvalue weighted by Gasteiger charge is 1.99. The maximum absolute atomic E-state index is 4.64. The summed E-state index contributed by atoms with van der Waals surface area (Å²) in [4.78, 5) is 7.52. The lowest BCUT2D eigenvalue weighted by atomic mass is 10.3. The Kier molecular flexibility index (Phi) is 1.37. The number of aromatic nitrogens is 3. The van der Waals surface area contributed by atoms with Crippen molar-refractivity contribution in [2.24, 2.45) is 0 Å². The van der Waals surface area contributed by atoms with Crippen molar-refractivity contribution in [3.05, 3.63) is 30.9 Å². The average molecular weight is 146 g/mol. The smallest absolute Gasteiger partial charge is 0.198 e. The summed E-state index contributed by atoms with van der Waals surface area (Å²) in [6, 6.07) is 3.48. The largest absolute Gasteiger partial charge is 0.364 e. The predicted octanol–water partition coefficient (Wildman–Crippen LogP) is 0.932. The van der Waals surface area contributed by atoms with E-state index in [2.05, 4.69) is 26.0 Å². The van der Waals surface area contributed by atoms with Crippen LogP contribution in [0.1, 0.15) is 0 Å². The zero-order valence-electron chi connectivity index (χ0n) is 5.56. The van der Waals surface area contributed by atoms with Crippen molar-refractivity contribution < 1.29 is 4.52 Å². The highest BCUT2D eigenvalue weighted by atomic mass is 16.5. The van der Waals surface area contributed by atoms with Crippen molar-refractivity contribution in [3.8, 4) is 11.4 Å². The van der Waals surface area contributed by atoms with Gasteiger partial charge in [-0.25, -0.2) is 9.97 Å². The summed E-state index contributed by atoms with van der Waals surface area (Å²) < 4.78 is 4.64. The Morgan fingerprint density at radius 3 is 2.91 bits per heavy atom. The zero-order chi connectivity index (χ0) is 7.52. The van der Waals surface area contributed by atoms with E-state index in [0.29, 0.717) is 11.4 Å². The molecule has 4 nitrogen and oxygen atoms in total. The number of hydrogen-bond acceptors (Lipinski definition) is 4. The van der Waals surface area contributed by atoms with E-state index in [4.69, 9.17) is 0 Å². The fourth-order valence-electron chi connectivity index (χ4n) is 0.749. The monoisotopic (exact) mass is 146 g/mol. The van der Waals surface area contributed by atoms with Crippen LogP contribution in [0.25, 0.3) is 11.4 Å². The van der Waals surface area contributed by atoms with Gasteiger partial charge in [-0.15, -0.1) is 0 Å². The Morgan fingerprint density at radius 2 is 2.27 bits per heavy atom. The normalized spacial score (nSPS) is 9.82. The summed E-state index contributed by atoms with van der Waals surface area (Å²) >= 11 is 0. The van der Waals surface area contributed by atoms with Crippen molar-refractivity contribution in [3.63, 3.8) is 0 Å². The molecule has 2 aromatic rings. The van der Waals surface area contributed by atoms with Gasteiger partial charge in [0.2, 0.25) is 0 Å². The molecule has 0 bridgehead atoms. The molecule has 0 spiro atoms. The van der Waals surface area contributed by atoms with Gasteiger partial charge in [-0.2, -0.15) is 0 Å². The van der Waals surface area contributed by atoms with E-state index in [1.54, 1.807) is 18.3 Å². The second kappa shape index (κ2) is 2.49. The minimum Gasteiger partial charge on any atom is -0.364 e. The third-order valence-electron chi connectivity index (χ3n) is 1.24. The lowest BCUT2D eigenvalue weighted by Crippen LogP contribution is -1.82. The first-order valence-electron chi connectivity index (χ1n) is 3.06. The van der Waals surface area contributed by atoms with Gasteiger partial charge in [0, 0.05) is 12.3 Å². The number of nitrogens with zero attached hydrogens (tertiary/aromatic N) is 3. The quantitative estimate of drug-likeness (QED) is 0.600. The van der Waals surface area contributed by atoms with Crippen LogP contribution in [0.3, 0.4) is 0 Å². The summed E-state index contributed by atoms with van der Waals surface area (Å²) in [7, 11) is 0. The molecule has 2 heterocycles. The molecule has 11 heavy (non-hydrogen) atoms. The molecule has 53 valence electrons. The Bertz CT molecular complexity index is 317. The molecule has 0 atom stereocenters. The van der Waals surface area contributed by atoms with Gasteiger partial charge < -0.3 is 4.52 Å². The minimum absolute atomic E-state index is 0.698. The molecule has 0 aliphatic heterocycles. The molecule has 0 amide bonds. The maximum atomic E-state index is 4.64. The molecule has 2 rings (SSSR count). The van der Waals surface area contributed by atoms with Crippen LogP contribution in [-0.4, -0.2) is 15.1 Å². The molecule has 0 fully saturated rings. The topological polar surface area (TPSA) is 51.8 Å². The first-order valence-corrected chi connectivity index (χ1v) is 3.06. The van der Waals surface area contributed by atoms with Crippen LogP contribution in [0.15, 0.2) is 29.1 Å². The van der Waals surface area contributed by atoms with E-state index >= 15 is 0 Å². The first-order chi connectivity index (χ1) is 5.47. The van der Waals surface area contributed by atoms with Crippen LogP contribution >= 0.6 is 0 Å². The highest BCUT2D eigenvalue weighted by molar-refractivity contribution is 5.51. The molecule has 0 unspecified atom stereocenters. The molecule has 0 aromatic carbocycles. The SMILES string of the molecule is [c]1nccc(-c2ccon2)n1. The molecular formula is C7H4N3O. The second-order valence-electron chi connectivity index (χ2n) is 1.93. The van der Waals surface area contributed by atoms with Crippen LogP contribution in [0.2, 0.25) is 0 Å². The highest BCUT2D eigenvalue weighted by Crippen LogP contribution is 2.10. The molecule has 0 aliphatic carbocycles. The fraction of sp³-hybridized carbons (Fsp3) is 0. The Labute approximate surface area is 62.9 Å². The van der Waals surface area contributed by atoms with Crippen LogP contribution in [0.4, 0.5) is 0 Å². The minimum atomic E-state index is 0.698. The number of rotatable bonds is 1. The van der Waals surface area contributed by atoms with Gasteiger partial charge in [-0.05, 0) is 6.07 Å². The second-order valence-corrected chi connectivity index (χ2v) is 1.93. The fourth-order valence-corrected chi connectivity index (χ4v) is 0.749. The molecule has 0 aliphatic rings. The molecule has 0 saturated carbocycles. The molecule has 4 heteroatoms. The molecule has 0 N–H and O–H groups in total. The molecular weight excluding hydrogens is 142 g/mol. The van der Waals surface area contributed by atoms with Gasteiger partial charge in [-0.1, -0.05) is 5.16 Å². The van der Waals surface area contributed by atoms with E-state index in [9.17, 15) is 0 Å². The summed E-state index contributed by atoms with van der Waals surface area (Å²) in [5.74, 6) is 0. The summed E-state index contributed by atoms with van der Waals surface area (Å²) in [5, 5.41) is 3.70. The van der Waals surface area contributed by atoms with E-state index in [0.717, 1.165) is 0 Å². The Hall–Kier alpha value is -1.71. The number of hydrogen-bond donors (Lipinski definition) is 0. The average Bonchev–Trinajstić information content (AvgIpc) is 2.58. The van der Waals surface area contributed by atoms with Crippen LogP contribution < -0.4 is 0 Å². The van der Waals surface area contributed by atoms with E-state index in [1.165, 1.54) is 6.26 Å². The summed E-state index contributed by atoms with van der Waals surface area (Å²) in [5.41, 5.74) is 1.41. The lowest BCUT2D eigenvalue weighted by molar-refractivity contribution is 0.422. The van der Waals surface area contributed by atoms with Crippen molar-refractivity contribution in [1.29, 1.82) is 0 Å². The van der Waals surface area contributed by atoms with E-state index < -0.39 is 0 Å². The van der Waals surface area contributed by atoms with Crippen molar-refractivity contribution >= 4 is 0 Å². The van der Waals surface area contributed by atoms with Gasteiger partial charge >= 0.3 is 0 Å². The van der Waals surface area contributed by atoms with Gasteiger partial charge in [0.25, 0.3) is 0 Å². The van der Waals surface area contributed by atoms with E-state index in [1.807, 2.05) is 0 Å². The van der Waals surface area contributed by atoms with Gasteiger partial charge in [-0.3, -0.25) is 0 Å². The Balaban J connectivity index is 2.46. The third kappa shape index (κ3) is 1.10.